The van der Waals surface area contributed by atoms with Crippen LogP contribution in [-0.4, -0.2) is 22.4 Å². The molecular formula is C16H23NOS. The predicted octanol–water partition coefficient (Wildman–Crippen LogP) is 4.87. The minimum atomic E-state index is 0.143. The summed E-state index contributed by atoms with van der Waals surface area (Å²) in [4.78, 5) is 14.2. The van der Waals surface area contributed by atoms with E-state index < -0.39 is 0 Å². The van der Waals surface area contributed by atoms with Gasteiger partial charge in [0.25, 0.3) is 5.24 Å². The van der Waals surface area contributed by atoms with Crippen molar-refractivity contribution in [2.75, 3.05) is 7.05 Å². The van der Waals surface area contributed by atoms with E-state index in [4.69, 9.17) is 0 Å². The Hall–Kier alpha value is -0.960. The number of rotatable bonds is 3. The monoisotopic (exact) mass is 277 g/mol. The summed E-state index contributed by atoms with van der Waals surface area (Å²) in [5, 5.41) is 0.745. The van der Waals surface area contributed by atoms with Gasteiger partial charge in [-0.15, -0.1) is 0 Å². The highest BCUT2D eigenvalue weighted by molar-refractivity contribution is 8.14. The van der Waals surface area contributed by atoms with Gasteiger partial charge in [0.15, 0.2) is 0 Å². The van der Waals surface area contributed by atoms with Crippen molar-refractivity contribution >= 4 is 17.0 Å². The van der Waals surface area contributed by atoms with Gasteiger partial charge in [-0.25, -0.2) is 0 Å². The zero-order valence-corrected chi connectivity index (χ0v) is 12.7. The lowest BCUT2D eigenvalue weighted by Crippen LogP contribution is -2.28. The minimum absolute atomic E-state index is 0.143. The highest BCUT2D eigenvalue weighted by Gasteiger charge is 2.23. The summed E-state index contributed by atoms with van der Waals surface area (Å²) in [6.07, 6.45) is 6.29. The number of thioether (sulfide) groups is 1. The first-order valence-electron chi connectivity index (χ1n) is 7.17. The third-order valence-corrected chi connectivity index (χ3v) is 5.26. The van der Waals surface area contributed by atoms with E-state index in [9.17, 15) is 4.79 Å². The van der Waals surface area contributed by atoms with Gasteiger partial charge in [0, 0.05) is 12.3 Å². The molecule has 1 atom stereocenters. The van der Waals surface area contributed by atoms with Crippen LogP contribution in [0.25, 0.3) is 0 Å². The van der Waals surface area contributed by atoms with E-state index in [-0.39, 0.29) is 11.3 Å². The highest BCUT2D eigenvalue weighted by Crippen LogP contribution is 2.31. The van der Waals surface area contributed by atoms with Crippen molar-refractivity contribution in [3.8, 4) is 0 Å². The first kappa shape index (κ1) is 14.4. The largest absolute Gasteiger partial charge is 0.330 e. The SMILES string of the molecule is CC(c1ccccc1)N(C)C(=O)SC1CCCCC1. The number of hydrogen-bond acceptors (Lipinski definition) is 2. The molecule has 19 heavy (non-hydrogen) atoms. The van der Waals surface area contributed by atoms with Crippen LogP contribution in [0.5, 0.6) is 0 Å². The second-order valence-corrected chi connectivity index (χ2v) is 6.59. The molecular weight excluding hydrogens is 254 g/mol. The Bertz CT molecular complexity index is 400. The molecule has 0 aromatic heterocycles. The summed E-state index contributed by atoms with van der Waals surface area (Å²) in [6, 6.07) is 10.4. The van der Waals surface area contributed by atoms with Crippen LogP contribution in [0.3, 0.4) is 0 Å². The fourth-order valence-electron chi connectivity index (χ4n) is 2.52. The van der Waals surface area contributed by atoms with Gasteiger partial charge in [-0.1, -0.05) is 61.4 Å². The Kier molecular flexibility index (Phi) is 5.32. The van der Waals surface area contributed by atoms with E-state index in [2.05, 4.69) is 19.1 Å². The van der Waals surface area contributed by atoms with E-state index in [0.29, 0.717) is 5.25 Å². The summed E-state index contributed by atoms with van der Waals surface area (Å²) in [6.45, 7) is 2.09. The van der Waals surface area contributed by atoms with Gasteiger partial charge >= 0.3 is 0 Å². The summed E-state index contributed by atoms with van der Waals surface area (Å²) >= 11 is 1.54. The smallest absolute Gasteiger partial charge is 0.282 e. The second kappa shape index (κ2) is 6.99. The zero-order valence-electron chi connectivity index (χ0n) is 11.8. The molecule has 1 aliphatic rings. The molecule has 0 aliphatic heterocycles. The highest BCUT2D eigenvalue weighted by atomic mass is 32.2. The normalized spacial score (nSPS) is 18.0. The first-order chi connectivity index (χ1) is 9.18. The molecule has 0 radical (unpaired) electrons. The molecule has 2 rings (SSSR count). The van der Waals surface area contributed by atoms with Gasteiger partial charge in [-0.3, -0.25) is 4.79 Å². The molecule has 0 bridgehead atoms. The van der Waals surface area contributed by atoms with Gasteiger partial charge < -0.3 is 4.90 Å². The Morgan fingerprint density at radius 3 is 2.47 bits per heavy atom. The van der Waals surface area contributed by atoms with E-state index in [1.54, 1.807) is 0 Å². The van der Waals surface area contributed by atoms with Crippen LogP contribution in [-0.2, 0) is 0 Å². The maximum atomic E-state index is 12.3. The van der Waals surface area contributed by atoms with Crippen molar-refractivity contribution in [1.82, 2.24) is 4.90 Å². The Balaban J connectivity index is 1.91. The number of carbonyl (C=O) groups is 1. The van der Waals surface area contributed by atoms with E-state index in [0.717, 1.165) is 0 Å². The molecule has 0 N–H and O–H groups in total. The topological polar surface area (TPSA) is 20.3 Å². The van der Waals surface area contributed by atoms with Crippen molar-refractivity contribution in [2.24, 2.45) is 0 Å². The molecule has 1 aromatic rings. The van der Waals surface area contributed by atoms with Crippen LogP contribution in [0.2, 0.25) is 0 Å². The Morgan fingerprint density at radius 2 is 1.84 bits per heavy atom. The molecule has 1 saturated carbocycles. The van der Waals surface area contributed by atoms with Gasteiger partial charge in [0.05, 0.1) is 6.04 Å². The molecule has 0 spiro atoms. The molecule has 2 nitrogen and oxygen atoms in total. The van der Waals surface area contributed by atoms with Crippen LogP contribution in [0, 0.1) is 0 Å². The van der Waals surface area contributed by atoms with Crippen molar-refractivity contribution in [3.63, 3.8) is 0 Å². The number of nitrogens with zero attached hydrogens (tertiary/aromatic N) is 1. The van der Waals surface area contributed by atoms with Crippen molar-refractivity contribution < 1.29 is 4.79 Å². The summed E-state index contributed by atoms with van der Waals surface area (Å²) in [5.74, 6) is 0. The first-order valence-corrected chi connectivity index (χ1v) is 8.05. The molecule has 0 heterocycles. The van der Waals surface area contributed by atoms with E-state index in [1.807, 2.05) is 30.1 Å². The van der Waals surface area contributed by atoms with Crippen LogP contribution in [0.15, 0.2) is 30.3 Å². The lowest BCUT2D eigenvalue weighted by atomic mass is 10.0. The van der Waals surface area contributed by atoms with Crippen LogP contribution in [0.4, 0.5) is 4.79 Å². The van der Waals surface area contributed by atoms with Crippen molar-refractivity contribution in [2.45, 2.75) is 50.3 Å². The summed E-state index contributed by atoms with van der Waals surface area (Å²) < 4.78 is 0. The molecule has 1 amide bonds. The van der Waals surface area contributed by atoms with Crippen LogP contribution < -0.4 is 0 Å². The Labute approximate surface area is 120 Å². The summed E-state index contributed by atoms with van der Waals surface area (Å²) in [7, 11) is 1.91. The van der Waals surface area contributed by atoms with Gasteiger partial charge in [-0.2, -0.15) is 0 Å². The number of benzene rings is 1. The quantitative estimate of drug-likeness (QED) is 0.786. The van der Waals surface area contributed by atoms with Gasteiger partial charge in [-0.05, 0) is 25.3 Å². The molecule has 0 saturated heterocycles. The van der Waals surface area contributed by atoms with Gasteiger partial charge in [0.1, 0.15) is 0 Å². The predicted molar refractivity (Wildman–Crippen MR) is 82.5 cm³/mol. The van der Waals surface area contributed by atoms with E-state index >= 15 is 0 Å². The maximum absolute atomic E-state index is 12.3. The molecule has 1 aromatic carbocycles. The van der Waals surface area contributed by atoms with Crippen molar-refractivity contribution in [3.05, 3.63) is 35.9 Å². The average Bonchev–Trinajstić information content (AvgIpc) is 2.47. The molecule has 1 unspecified atom stereocenters. The molecule has 1 fully saturated rings. The molecule has 104 valence electrons. The lowest BCUT2D eigenvalue weighted by molar-refractivity contribution is 0.219. The number of carbonyl (C=O) groups excluding carboxylic acids is 1. The third kappa shape index (κ3) is 4.00. The second-order valence-electron chi connectivity index (χ2n) is 5.34. The number of amides is 1. The minimum Gasteiger partial charge on any atom is -0.330 e. The lowest BCUT2D eigenvalue weighted by Gasteiger charge is -2.28. The van der Waals surface area contributed by atoms with E-state index in [1.165, 1.54) is 49.4 Å². The Morgan fingerprint density at radius 1 is 1.21 bits per heavy atom. The number of hydrogen-bond donors (Lipinski definition) is 0. The third-order valence-electron chi connectivity index (χ3n) is 3.97. The molecule has 1 aliphatic carbocycles. The van der Waals surface area contributed by atoms with Gasteiger partial charge in [0.2, 0.25) is 0 Å². The van der Waals surface area contributed by atoms with Crippen LogP contribution >= 0.6 is 11.8 Å². The van der Waals surface area contributed by atoms with Crippen LogP contribution in [0.1, 0.15) is 50.6 Å². The van der Waals surface area contributed by atoms with Crippen molar-refractivity contribution in [1.29, 1.82) is 0 Å². The maximum Gasteiger partial charge on any atom is 0.282 e. The average molecular weight is 277 g/mol. The fraction of sp³-hybridized carbons (Fsp3) is 0.562. The zero-order chi connectivity index (χ0) is 13.7. The summed E-state index contributed by atoms with van der Waals surface area (Å²) in [5.41, 5.74) is 1.20. The fourth-order valence-corrected chi connectivity index (χ4v) is 3.70. The molecule has 3 heteroatoms. The standard InChI is InChI=1S/C16H23NOS/c1-13(14-9-5-3-6-10-14)17(2)16(18)19-15-11-7-4-8-12-15/h3,5-6,9-10,13,15H,4,7-8,11-12H2,1-2H3.